The molecule has 0 N–H and O–H groups in total. The molecular weight excluding hydrogens is 252 g/mol. The smallest absolute Gasteiger partial charge is 0.307 e. The zero-order valence-electron chi connectivity index (χ0n) is 12.4. The van der Waals surface area contributed by atoms with E-state index in [-0.39, 0.29) is 12.0 Å². The molecule has 0 aromatic heterocycles. The van der Waals surface area contributed by atoms with Crippen molar-refractivity contribution < 1.29 is 9.53 Å². The van der Waals surface area contributed by atoms with E-state index in [0.717, 1.165) is 32.6 Å². The maximum absolute atomic E-state index is 11.6. The maximum Gasteiger partial charge on any atom is 0.307 e. The number of ether oxygens (including phenoxy) is 1. The molecular formula is C16H24N2O2. The van der Waals surface area contributed by atoms with Crippen molar-refractivity contribution in [1.82, 2.24) is 9.80 Å². The van der Waals surface area contributed by atoms with Gasteiger partial charge in [-0.1, -0.05) is 30.3 Å². The SMILES string of the molecule is COC(=O)CC1CN(C)CCCN1Cc1ccccc1. The van der Waals surface area contributed by atoms with Crippen LogP contribution in [0.1, 0.15) is 18.4 Å². The van der Waals surface area contributed by atoms with Crippen LogP contribution in [0.4, 0.5) is 0 Å². The van der Waals surface area contributed by atoms with Gasteiger partial charge in [-0.15, -0.1) is 0 Å². The first-order valence-electron chi connectivity index (χ1n) is 7.22. The van der Waals surface area contributed by atoms with E-state index in [2.05, 4.69) is 41.1 Å². The first kappa shape index (κ1) is 15.0. The zero-order chi connectivity index (χ0) is 14.4. The summed E-state index contributed by atoms with van der Waals surface area (Å²) in [7, 11) is 3.58. The van der Waals surface area contributed by atoms with Gasteiger partial charge in [0.25, 0.3) is 0 Å². The van der Waals surface area contributed by atoms with Crippen LogP contribution >= 0.6 is 0 Å². The average molecular weight is 276 g/mol. The molecule has 1 unspecified atom stereocenters. The van der Waals surface area contributed by atoms with Crippen molar-refractivity contribution in [2.45, 2.75) is 25.4 Å². The van der Waals surface area contributed by atoms with Crippen LogP contribution in [0.2, 0.25) is 0 Å². The summed E-state index contributed by atoms with van der Waals surface area (Å²) < 4.78 is 4.84. The molecule has 1 aliphatic heterocycles. The van der Waals surface area contributed by atoms with E-state index in [9.17, 15) is 4.79 Å². The van der Waals surface area contributed by atoms with Crippen LogP contribution < -0.4 is 0 Å². The molecule has 110 valence electrons. The highest BCUT2D eigenvalue weighted by Gasteiger charge is 2.25. The number of carbonyl (C=O) groups is 1. The van der Waals surface area contributed by atoms with Crippen molar-refractivity contribution in [3.8, 4) is 0 Å². The average Bonchev–Trinajstić information content (AvgIpc) is 2.62. The van der Waals surface area contributed by atoms with Gasteiger partial charge >= 0.3 is 5.97 Å². The number of likely N-dealkylation sites (N-methyl/N-ethyl adjacent to an activating group) is 1. The van der Waals surface area contributed by atoms with Crippen LogP contribution in [0.25, 0.3) is 0 Å². The van der Waals surface area contributed by atoms with Crippen LogP contribution in [0, 0.1) is 0 Å². The fourth-order valence-electron chi connectivity index (χ4n) is 2.79. The highest BCUT2D eigenvalue weighted by Crippen LogP contribution is 2.16. The molecule has 1 heterocycles. The van der Waals surface area contributed by atoms with Crippen molar-refractivity contribution in [3.63, 3.8) is 0 Å². The Morgan fingerprint density at radius 1 is 1.30 bits per heavy atom. The van der Waals surface area contributed by atoms with E-state index in [0.29, 0.717) is 6.42 Å². The third-order valence-electron chi connectivity index (χ3n) is 3.88. The summed E-state index contributed by atoms with van der Waals surface area (Å²) in [6.07, 6.45) is 1.61. The molecule has 1 saturated heterocycles. The molecule has 0 saturated carbocycles. The van der Waals surface area contributed by atoms with Crippen molar-refractivity contribution in [1.29, 1.82) is 0 Å². The number of nitrogens with zero attached hydrogens (tertiary/aromatic N) is 2. The van der Waals surface area contributed by atoms with Crippen LogP contribution in [0.5, 0.6) is 0 Å². The lowest BCUT2D eigenvalue weighted by molar-refractivity contribution is -0.142. The van der Waals surface area contributed by atoms with Crippen LogP contribution in [-0.4, -0.2) is 55.6 Å². The number of rotatable bonds is 4. The molecule has 4 heteroatoms. The molecule has 20 heavy (non-hydrogen) atoms. The molecule has 1 aromatic rings. The molecule has 1 atom stereocenters. The Bertz CT molecular complexity index is 422. The Morgan fingerprint density at radius 2 is 2.05 bits per heavy atom. The van der Waals surface area contributed by atoms with Gasteiger partial charge in [-0.2, -0.15) is 0 Å². The summed E-state index contributed by atoms with van der Waals surface area (Å²) in [6, 6.07) is 10.7. The Morgan fingerprint density at radius 3 is 2.75 bits per heavy atom. The zero-order valence-corrected chi connectivity index (χ0v) is 12.4. The standard InChI is InChI=1S/C16H24N2O2/c1-17-9-6-10-18(12-14-7-4-3-5-8-14)15(13-17)11-16(19)20-2/h3-5,7-8,15H,6,9-13H2,1-2H3. The molecule has 0 bridgehead atoms. The quantitative estimate of drug-likeness (QED) is 0.785. The lowest BCUT2D eigenvalue weighted by Crippen LogP contribution is -2.41. The van der Waals surface area contributed by atoms with E-state index >= 15 is 0 Å². The molecule has 0 aliphatic carbocycles. The summed E-state index contributed by atoms with van der Waals surface area (Å²) in [6.45, 7) is 3.93. The van der Waals surface area contributed by atoms with Gasteiger partial charge < -0.3 is 9.64 Å². The number of hydrogen-bond acceptors (Lipinski definition) is 4. The minimum absolute atomic E-state index is 0.122. The second kappa shape index (κ2) is 7.41. The van der Waals surface area contributed by atoms with Gasteiger partial charge in [0.05, 0.1) is 13.5 Å². The molecule has 0 radical (unpaired) electrons. The molecule has 2 rings (SSSR count). The number of esters is 1. The number of carbonyl (C=O) groups excluding carboxylic acids is 1. The first-order chi connectivity index (χ1) is 9.69. The van der Waals surface area contributed by atoms with Gasteiger partial charge in [-0.3, -0.25) is 9.69 Å². The lowest BCUT2D eigenvalue weighted by atomic mass is 10.1. The Kier molecular flexibility index (Phi) is 5.56. The highest BCUT2D eigenvalue weighted by molar-refractivity contribution is 5.69. The first-order valence-corrected chi connectivity index (χ1v) is 7.22. The van der Waals surface area contributed by atoms with E-state index in [1.54, 1.807) is 0 Å². The second-order valence-corrected chi connectivity index (χ2v) is 5.51. The fraction of sp³-hybridized carbons (Fsp3) is 0.562. The van der Waals surface area contributed by atoms with E-state index in [4.69, 9.17) is 4.74 Å². The van der Waals surface area contributed by atoms with Crippen LogP contribution in [-0.2, 0) is 16.1 Å². The number of benzene rings is 1. The van der Waals surface area contributed by atoms with E-state index < -0.39 is 0 Å². The third kappa shape index (κ3) is 4.32. The van der Waals surface area contributed by atoms with Gasteiger partial charge in [0.2, 0.25) is 0 Å². The summed E-state index contributed by atoms with van der Waals surface area (Å²) in [5, 5.41) is 0. The normalized spacial score (nSPS) is 21.4. The summed E-state index contributed by atoms with van der Waals surface area (Å²) >= 11 is 0. The number of hydrogen-bond donors (Lipinski definition) is 0. The highest BCUT2D eigenvalue weighted by atomic mass is 16.5. The predicted molar refractivity (Wildman–Crippen MR) is 79.4 cm³/mol. The Balaban J connectivity index is 2.06. The van der Waals surface area contributed by atoms with Crippen molar-refractivity contribution in [2.75, 3.05) is 33.8 Å². The topological polar surface area (TPSA) is 32.8 Å². The van der Waals surface area contributed by atoms with Crippen LogP contribution in [0.3, 0.4) is 0 Å². The summed E-state index contributed by atoms with van der Waals surface area (Å²) in [5.74, 6) is -0.122. The monoisotopic (exact) mass is 276 g/mol. The molecule has 0 spiro atoms. The molecule has 1 fully saturated rings. The molecule has 1 aromatic carbocycles. The van der Waals surface area contributed by atoms with Gasteiger partial charge in [-0.05, 0) is 25.6 Å². The van der Waals surface area contributed by atoms with Gasteiger partial charge in [0.1, 0.15) is 0 Å². The second-order valence-electron chi connectivity index (χ2n) is 5.51. The summed E-state index contributed by atoms with van der Waals surface area (Å²) in [4.78, 5) is 16.3. The fourth-order valence-corrected chi connectivity index (χ4v) is 2.79. The summed E-state index contributed by atoms with van der Waals surface area (Å²) in [5.41, 5.74) is 1.30. The van der Waals surface area contributed by atoms with Crippen LogP contribution in [0.15, 0.2) is 30.3 Å². The number of methoxy groups -OCH3 is 1. The van der Waals surface area contributed by atoms with Gasteiger partial charge in [0, 0.05) is 25.7 Å². The maximum atomic E-state index is 11.6. The van der Waals surface area contributed by atoms with Gasteiger partial charge in [0.15, 0.2) is 0 Å². The van der Waals surface area contributed by atoms with E-state index in [1.165, 1.54) is 12.7 Å². The van der Waals surface area contributed by atoms with Crippen molar-refractivity contribution in [3.05, 3.63) is 35.9 Å². The Hall–Kier alpha value is -1.39. The molecule has 1 aliphatic rings. The van der Waals surface area contributed by atoms with E-state index in [1.807, 2.05) is 6.07 Å². The van der Waals surface area contributed by atoms with Gasteiger partial charge in [-0.25, -0.2) is 0 Å². The lowest BCUT2D eigenvalue weighted by Gasteiger charge is -2.30. The van der Waals surface area contributed by atoms with Crippen molar-refractivity contribution >= 4 is 5.97 Å². The minimum atomic E-state index is -0.122. The molecule has 4 nitrogen and oxygen atoms in total. The minimum Gasteiger partial charge on any atom is -0.469 e. The molecule has 0 amide bonds. The third-order valence-corrected chi connectivity index (χ3v) is 3.88. The predicted octanol–water partition coefficient (Wildman–Crippen LogP) is 1.76. The largest absolute Gasteiger partial charge is 0.469 e. The Labute approximate surface area is 121 Å². The van der Waals surface area contributed by atoms with Crippen molar-refractivity contribution in [2.24, 2.45) is 0 Å².